The molecule has 0 amide bonds. The summed E-state index contributed by atoms with van der Waals surface area (Å²) in [5.74, 6) is 0.924. The van der Waals surface area contributed by atoms with Crippen molar-refractivity contribution in [3.8, 4) is 0 Å². The summed E-state index contributed by atoms with van der Waals surface area (Å²) in [6.45, 7) is 2.40. The fourth-order valence-corrected chi connectivity index (χ4v) is 3.77. The van der Waals surface area contributed by atoms with Gasteiger partial charge in [0.15, 0.2) is 0 Å². The Kier molecular flexibility index (Phi) is 4.33. The maximum absolute atomic E-state index is 6.38. The van der Waals surface area contributed by atoms with Crippen molar-refractivity contribution in [2.75, 3.05) is 4.43 Å². The van der Waals surface area contributed by atoms with Crippen molar-refractivity contribution in [3.05, 3.63) is 0 Å². The highest BCUT2D eigenvalue weighted by Crippen LogP contribution is 2.41. The first kappa shape index (κ1) is 12.2. The summed E-state index contributed by atoms with van der Waals surface area (Å²) in [5.41, 5.74) is 0.291. The van der Waals surface area contributed by atoms with Crippen molar-refractivity contribution in [2.24, 2.45) is 5.92 Å². The molecule has 3 atom stereocenters. The van der Waals surface area contributed by atoms with Crippen molar-refractivity contribution in [2.45, 2.75) is 70.0 Å². The van der Waals surface area contributed by atoms with E-state index in [0.29, 0.717) is 11.7 Å². The Balaban J connectivity index is 1.98. The number of rotatable bonds is 1. The zero-order valence-electron chi connectivity index (χ0n) is 9.80. The van der Waals surface area contributed by atoms with Crippen LogP contribution in [0.2, 0.25) is 0 Å². The van der Waals surface area contributed by atoms with Crippen LogP contribution in [0.4, 0.5) is 0 Å². The molecule has 2 heteroatoms. The molecule has 0 N–H and O–H groups in total. The molecular formula is C13H23IO. The van der Waals surface area contributed by atoms with E-state index in [9.17, 15) is 0 Å². The summed E-state index contributed by atoms with van der Waals surface area (Å²) < 4.78 is 7.56. The third-order valence-corrected chi connectivity index (χ3v) is 5.15. The number of ether oxygens (including phenoxy) is 1. The van der Waals surface area contributed by atoms with Gasteiger partial charge in [0, 0.05) is 4.43 Å². The average Bonchev–Trinajstić information content (AvgIpc) is 2.42. The van der Waals surface area contributed by atoms with Crippen LogP contribution >= 0.6 is 22.6 Å². The van der Waals surface area contributed by atoms with Crippen molar-refractivity contribution >= 4 is 22.6 Å². The Morgan fingerprint density at radius 2 is 1.87 bits per heavy atom. The minimum atomic E-state index is 0.291. The van der Waals surface area contributed by atoms with Crippen LogP contribution in [0.5, 0.6) is 0 Å². The standard InChI is InChI=1S/C13H23IO/c1-11-4-2-7-13(9-6-11)8-3-5-12(10-14)15-13/h11-12H,2-10H2,1H3. The minimum Gasteiger partial charge on any atom is -0.371 e. The SMILES string of the molecule is CC1CCCC2(CCCC(CI)O2)CC1. The van der Waals surface area contributed by atoms with Crippen LogP contribution in [0.3, 0.4) is 0 Å². The highest BCUT2D eigenvalue weighted by molar-refractivity contribution is 14.1. The maximum atomic E-state index is 6.38. The number of hydrogen-bond donors (Lipinski definition) is 0. The topological polar surface area (TPSA) is 9.23 Å². The molecule has 2 fully saturated rings. The molecule has 1 saturated carbocycles. The first-order valence-electron chi connectivity index (χ1n) is 6.48. The molecule has 0 aromatic heterocycles. The van der Waals surface area contributed by atoms with Gasteiger partial charge in [0.2, 0.25) is 0 Å². The summed E-state index contributed by atoms with van der Waals surface area (Å²) >= 11 is 2.47. The lowest BCUT2D eigenvalue weighted by Crippen LogP contribution is -2.41. The largest absolute Gasteiger partial charge is 0.371 e. The van der Waals surface area contributed by atoms with Crippen LogP contribution < -0.4 is 0 Å². The van der Waals surface area contributed by atoms with Crippen molar-refractivity contribution < 1.29 is 4.74 Å². The van der Waals surface area contributed by atoms with Crippen LogP contribution in [-0.4, -0.2) is 16.1 Å². The Morgan fingerprint density at radius 3 is 2.60 bits per heavy atom. The van der Waals surface area contributed by atoms with E-state index >= 15 is 0 Å². The van der Waals surface area contributed by atoms with Gasteiger partial charge in [0.25, 0.3) is 0 Å². The van der Waals surface area contributed by atoms with Gasteiger partial charge < -0.3 is 4.74 Å². The average molecular weight is 322 g/mol. The number of alkyl halides is 1. The summed E-state index contributed by atoms with van der Waals surface area (Å²) in [6.07, 6.45) is 11.4. The van der Waals surface area contributed by atoms with Gasteiger partial charge in [-0.2, -0.15) is 0 Å². The van der Waals surface area contributed by atoms with Crippen molar-refractivity contribution in [1.82, 2.24) is 0 Å². The predicted octanol–water partition coefficient (Wildman–Crippen LogP) is 4.33. The van der Waals surface area contributed by atoms with Gasteiger partial charge in [-0.25, -0.2) is 0 Å². The normalized spacial score (nSPS) is 42.8. The molecule has 15 heavy (non-hydrogen) atoms. The second kappa shape index (κ2) is 5.35. The molecule has 3 unspecified atom stereocenters. The second-order valence-corrected chi connectivity index (χ2v) is 6.39. The number of halogens is 1. The smallest absolute Gasteiger partial charge is 0.0686 e. The van der Waals surface area contributed by atoms with E-state index in [1.807, 2.05) is 0 Å². The van der Waals surface area contributed by atoms with Crippen LogP contribution in [0.1, 0.15) is 58.3 Å². The van der Waals surface area contributed by atoms with E-state index in [-0.39, 0.29) is 0 Å². The summed E-state index contributed by atoms with van der Waals surface area (Å²) in [6, 6.07) is 0. The molecule has 1 aliphatic heterocycles. The van der Waals surface area contributed by atoms with E-state index < -0.39 is 0 Å². The zero-order valence-corrected chi connectivity index (χ0v) is 12.0. The Morgan fingerprint density at radius 1 is 1.13 bits per heavy atom. The first-order valence-corrected chi connectivity index (χ1v) is 8.00. The summed E-state index contributed by atoms with van der Waals surface area (Å²) in [4.78, 5) is 0. The molecule has 1 aliphatic carbocycles. The zero-order chi connectivity index (χ0) is 10.7. The molecule has 2 rings (SSSR count). The summed E-state index contributed by atoms with van der Waals surface area (Å²) in [7, 11) is 0. The van der Waals surface area contributed by atoms with E-state index in [1.54, 1.807) is 0 Å². The Bertz CT molecular complexity index is 207. The molecular weight excluding hydrogens is 299 g/mol. The lowest BCUT2D eigenvalue weighted by Gasteiger charge is -2.40. The third kappa shape index (κ3) is 3.09. The molecule has 0 aromatic rings. The van der Waals surface area contributed by atoms with Gasteiger partial charge in [0.1, 0.15) is 0 Å². The predicted molar refractivity (Wildman–Crippen MR) is 72.6 cm³/mol. The Hall–Kier alpha value is 0.690. The third-order valence-electron chi connectivity index (χ3n) is 4.17. The molecule has 1 saturated heterocycles. The highest BCUT2D eigenvalue weighted by Gasteiger charge is 2.37. The van der Waals surface area contributed by atoms with Crippen LogP contribution in [0, 0.1) is 5.92 Å². The molecule has 88 valence electrons. The van der Waals surface area contributed by atoms with Crippen molar-refractivity contribution in [3.63, 3.8) is 0 Å². The van der Waals surface area contributed by atoms with E-state index in [1.165, 1.54) is 55.8 Å². The van der Waals surface area contributed by atoms with Gasteiger partial charge in [-0.05, 0) is 44.4 Å². The second-order valence-electron chi connectivity index (χ2n) is 5.51. The van der Waals surface area contributed by atoms with E-state index in [2.05, 4.69) is 29.5 Å². The van der Waals surface area contributed by atoms with Gasteiger partial charge in [-0.3, -0.25) is 0 Å². The molecule has 1 spiro atoms. The molecule has 1 heterocycles. The van der Waals surface area contributed by atoms with E-state index in [0.717, 1.165) is 5.92 Å². The van der Waals surface area contributed by atoms with Gasteiger partial charge >= 0.3 is 0 Å². The summed E-state index contributed by atoms with van der Waals surface area (Å²) in [5, 5.41) is 0. The van der Waals surface area contributed by atoms with Gasteiger partial charge in [-0.15, -0.1) is 0 Å². The molecule has 1 nitrogen and oxygen atoms in total. The fourth-order valence-electron chi connectivity index (χ4n) is 3.15. The molecule has 0 aromatic carbocycles. The molecule has 0 bridgehead atoms. The first-order chi connectivity index (χ1) is 7.24. The monoisotopic (exact) mass is 322 g/mol. The number of hydrogen-bond acceptors (Lipinski definition) is 1. The molecule has 0 radical (unpaired) electrons. The van der Waals surface area contributed by atoms with E-state index in [4.69, 9.17) is 4.74 Å². The lowest BCUT2D eigenvalue weighted by atomic mass is 9.85. The van der Waals surface area contributed by atoms with Gasteiger partial charge in [-0.1, -0.05) is 42.4 Å². The van der Waals surface area contributed by atoms with Crippen molar-refractivity contribution in [1.29, 1.82) is 0 Å². The highest BCUT2D eigenvalue weighted by atomic mass is 127. The quantitative estimate of drug-likeness (QED) is 0.516. The van der Waals surface area contributed by atoms with Crippen LogP contribution in [-0.2, 0) is 4.74 Å². The maximum Gasteiger partial charge on any atom is 0.0686 e. The van der Waals surface area contributed by atoms with Crippen LogP contribution in [0.25, 0.3) is 0 Å². The fraction of sp³-hybridized carbons (Fsp3) is 1.00. The Labute approximate surface area is 107 Å². The lowest BCUT2D eigenvalue weighted by molar-refractivity contribution is -0.126. The molecule has 2 aliphatic rings. The van der Waals surface area contributed by atoms with Gasteiger partial charge in [0.05, 0.1) is 11.7 Å². The van der Waals surface area contributed by atoms with Crippen LogP contribution in [0.15, 0.2) is 0 Å². The minimum absolute atomic E-state index is 0.291.